The predicted molar refractivity (Wildman–Crippen MR) is 114 cm³/mol. The number of hydrogen-bond acceptors (Lipinski definition) is 5. The summed E-state index contributed by atoms with van der Waals surface area (Å²) >= 11 is 0. The Morgan fingerprint density at radius 1 is 1.14 bits per heavy atom. The van der Waals surface area contributed by atoms with Crippen molar-refractivity contribution in [3.63, 3.8) is 0 Å². The van der Waals surface area contributed by atoms with E-state index in [2.05, 4.69) is 37.5 Å². The van der Waals surface area contributed by atoms with Gasteiger partial charge in [0.25, 0.3) is 5.91 Å². The number of aromatic nitrogens is 4. The number of carbonyl (C=O) groups excluding carboxylic acids is 1. The van der Waals surface area contributed by atoms with Crippen molar-refractivity contribution in [1.29, 1.82) is 0 Å². The molecule has 4 aromatic rings. The Labute approximate surface area is 168 Å². The highest BCUT2D eigenvalue weighted by Crippen LogP contribution is 2.23. The Hall–Kier alpha value is -3.74. The third-order valence-corrected chi connectivity index (χ3v) is 4.55. The normalized spacial score (nSPS) is 10.8. The largest absolute Gasteiger partial charge is 0.351 e. The van der Waals surface area contributed by atoms with E-state index in [1.54, 1.807) is 18.6 Å². The van der Waals surface area contributed by atoms with Gasteiger partial charge < -0.3 is 15.6 Å². The summed E-state index contributed by atoms with van der Waals surface area (Å²) in [7, 11) is 0. The number of unbranched alkanes of at least 4 members (excludes halogenated alkanes) is 1. The molecule has 0 aliphatic carbocycles. The van der Waals surface area contributed by atoms with Gasteiger partial charge in [0, 0.05) is 47.3 Å². The first kappa shape index (κ1) is 18.6. The molecule has 0 fully saturated rings. The van der Waals surface area contributed by atoms with Crippen molar-refractivity contribution in [2.24, 2.45) is 0 Å². The Kier molecular flexibility index (Phi) is 5.47. The molecule has 1 amide bonds. The maximum Gasteiger partial charge on any atom is 0.267 e. The van der Waals surface area contributed by atoms with Gasteiger partial charge >= 0.3 is 0 Å². The summed E-state index contributed by atoms with van der Waals surface area (Å²) in [5.74, 6) is 0.412. The van der Waals surface area contributed by atoms with Crippen LogP contribution in [0.15, 0.2) is 61.1 Å². The second-order valence-corrected chi connectivity index (χ2v) is 6.73. The maximum absolute atomic E-state index is 12.3. The number of amides is 1. The predicted octanol–water partition coefficient (Wildman–Crippen LogP) is 4.29. The second kappa shape index (κ2) is 8.52. The summed E-state index contributed by atoms with van der Waals surface area (Å²) in [5, 5.41) is 7.10. The Morgan fingerprint density at radius 2 is 2.07 bits per heavy atom. The lowest BCUT2D eigenvalue weighted by Crippen LogP contribution is -2.24. The third kappa shape index (κ3) is 4.40. The number of benzene rings is 1. The van der Waals surface area contributed by atoms with Gasteiger partial charge in [-0.15, -0.1) is 0 Å². The third-order valence-electron chi connectivity index (χ3n) is 4.55. The Balaban J connectivity index is 1.52. The van der Waals surface area contributed by atoms with E-state index < -0.39 is 0 Å². The molecule has 0 bridgehead atoms. The van der Waals surface area contributed by atoms with Crippen LogP contribution < -0.4 is 10.6 Å². The average molecular weight is 386 g/mol. The van der Waals surface area contributed by atoms with Crippen LogP contribution in [0.3, 0.4) is 0 Å². The lowest BCUT2D eigenvalue weighted by Gasteiger charge is -2.06. The number of pyridine rings is 1. The minimum Gasteiger partial charge on any atom is -0.351 e. The average Bonchev–Trinajstić information content (AvgIpc) is 3.18. The van der Waals surface area contributed by atoms with Gasteiger partial charge in [-0.3, -0.25) is 9.78 Å². The monoisotopic (exact) mass is 386 g/mol. The van der Waals surface area contributed by atoms with Crippen molar-refractivity contribution in [2.75, 3.05) is 11.9 Å². The van der Waals surface area contributed by atoms with E-state index in [4.69, 9.17) is 0 Å². The number of rotatable bonds is 7. The maximum atomic E-state index is 12.3. The van der Waals surface area contributed by atoms with Crippen molar-refractivity contribution in [3.8, 4) is 11.3 Å². The van der Waals surface area contributed by atoms with Crippen LogP contribution in [0.1, 0.15) is 30.3 Å². The number of nitrogens with zero attached hydrogens (tertiary/aromatic N) is 3. The molecule has 29 heavy (non-hydrogen) atoms. The minimum atomic E-state index is -0.0864. The van der Waals surface area contributed by atoms with Crippen LogP contribution in [0.4, 0.5) is 11.6 Å². The number of aromatic amines is 1. The summed E-state index contributed by atoms with van der Waals surface area (Å²) in [4.78, 5) is 28.4. The van der Waals surface area contributed by atoms with Crippen LogP contribution in [-0.4, -0.2) is 32.4 Å². The molecule has 0 unspecified atom stereocenters. The molecule has 3 N–H and O–H groups in total. The Bertz CT molecular complexity index is 1120. The molecule has 3 aromatic heterocycles. The van der Waals surface area contributed by atoms with E-state index in [0.29, 0.717) is 18.2 Å². The van der Waals surface area contributed by atoms with Crippen molar-refractivity contribution in [3.05, 3.63) is 66.7 Å². The van der Waals surface area contributed by atoms with Crippen LogP contribution in [0.2, 0.25) is 0 Å². The van der Waals surface area contributed by atoms with Gasteiger partial charge in [-0.25, -0.2) is 9.97 Å². The SMILES string of the molecule is CCCCNC(=O)c1cc2cc(Nc3nccc(-c4cccnc4)n3)ccc2[nH]1. The molecular weight excluding hydrogens is 364 g/mol. The van der Waals surface area contributed by atoms with E-state index in [9.17, 15) is 4.79 Å². The fourth-order valence-electron chi connectivity index (χ4n) is 3.03. The molecule has 3 heterocycles. The fraction of sp³-hybridized carbons (Fsp3) is 0.182. The zero-order valence-corrected chi connectivity index (χ0v) is 16.1. The smallest absolute Gasteiger partial charge is 0.267 e. The molecule has 0 spiro atoms. The number of nitrogens with one attached hydrogen (secondary N) is 3. The first-order valence-corrected chi connectivity index (χ1v) is 9.64. The van der Waals surface area contributed by atoms with Gasteiger partial charge in [-0.05, 0) is 48.9 Å². The van der Waals surface area contributed by atoms with E-state index in [-0.39, 0.29) is 5.91 Å². The number of H-pyrrole nitrogens is 1. The highest BCUT2D eigenvalue weighted by atomic mass is 16.1. The van der Waals surface area contributed by atoms with Gasteiger partial charge in [0.1, 0.15) is 5.69 Å². The lowest BCUT2D eigenvalue weighted by molar-refractivity contribution is 0.0949. The molecule has 0 saturated carbocycles. The standard InChI is InChI=1S/C22H22N6O/c1-2-3-10-24-21(29)20-13-16-12-17(6-7-18(16)27-20)26-22-25-11-8-19(28-22)15-5-4-9-23-14-15/h4-9,11-14,27H,2-3,10H2,1H3,(H,24,29)(H,25,26,28). The molecule has 7 heteroatoms. The first-order chi connectivity index (χ1) is 14.2. The van der Waals surface area contributed by atoms with E-state index >= 15 is 0 Å². The van der Waals surface area contributed by atoms with Crippen LogP contribution in [-0.2, 0) is 0 Å². The van der Waals surface area contributed by atoms with Gasteiger partial charge in [-0.2, -0.15) is 0 Å². The van der Waals surface area contributed by atoms with Crippen molar-refractivity contribution in [2.45, 2.75) is 19.8 Å². The number of carbonyl (C=O) groups is 1. The summed E-state index contributed by atoms with van der Waals surface area (Å²) in [6, 6.07) is 13.4. The topological polar surface area (TPSA) is 95.6 Å². The van der Waals surface area contributed by atoms with Crippen LogP contribution in [0.5, 0.6) is 0 Å². The summed E-state index contributed by atoms with van der Waals surface area (Å²) in [6.45, 7) is 2.78. The lowest BCUT2D eigenvalue weighted by atomic mass is 10.2. The number of fused-ring (bicyclic) bond motifs is 1. The molecule has 1 aromatic carbocycles. The van der Waals surface area contributed by atoms with Crippen LogP contribution in [0, 0.1) is 0 Å². The van der Waals surface area contributed by atoms with Gasteiger partial charge in [-0.1, -0.05) is 13.3 Å². The van der Waals surface area contributed by atoms with Gasteiger partial charge in [0.05, 0.1) is 5.69 Å². The van der Waals surface area contributed by atoms with Crippen LogP contribution >= 0.6 is 0 Å². The molecular formula is C22H22N6O. The highest BCUT2D eigenvalue weighted by molar-refractivity contribution is 5.98. The zero-order valence-electron chi connectivity index (χ0n) is 16.1. The van der Waals surface area contributed by atoms with Crippen LogP contribution in [0.25, 0.3) is 22.2 Å². The van der Waals surface area contributed by atoms with Crippen molar-refractivity contribution in [1.82, 2.24) is 25.3 Å². The molecule has 0 aliphatic rings. The summed E-state index contributed by atoms with van der Waals surface area (Å²) in [5.41, 5.74) is 4.03. The number of anilines is 2. The van der Waals surface area contributed by atoms with E-state index in [0.717, 1.165) is 40.7 Å². The quantitative estimate of drug-likeness (QED) is 0.412. The van der Waals surface area contributed by atoms with Crippen molar-refractivity contribution < 1.29 is 4.79 Å². The molecule has 4 rings (SSSR count). The highest BCUT2D eigenvalue weighted by Gasteiger charge is 2.10. The minimum absolute atomic E-state index is 0.0864. The van der Waals surface area contributed by atoms with E-state index in [1.165, 1.54) is 0 Å². The zero-order chi connectivity index (χ0) is 20.1. The molecule has 0 aliphatic heterocycles. The Morgan fingerprint density at radius 3 is 2.90 bits per heavy atom. The fourth-order valence-corrected chi connectivity index (χ4v) is 3.03. The van der Waals surface area contributed by atoms with Crippen molar-refractivity contribution >= 4 is 28.4 Å². The summed E-state index contributed by atoms with van der Waals surface area (Å²) in [6.07, 6.45) is 7.23. The van der Waals surface area contributed by atoms with Gasteiger partial charge in [0.15, 0.2) is 0 Å². The first-order valence-electron chi connectivity index (χ1n) is 9.64. The molecule has 7 nitrogen and oxygen atoms in total. The summed E-state index contributed by atoms with van der Waals surface area (Å²) < 4.78 is 0. The van der Waals surface area contributed by atoms with E-state index in [1.807, 2.05) is 42.5 Å². The molecule has 146 valence electrons. The second-order valence-electron chi connectivity index (χ2n) is 6.73. The molecule has 0 saturated heterocycles. The molecule has 0 radical (unpaired) electrons. The molecule has 0 atom stereocenters. The van der Waals surface area contributed by atoms with Gasteiger partial charge in [0.2, 0.25) is 5.95 Å². The number of hydrogen-bond donors (Lipinski definition) is 3.